The highest BCUT2D eigenvalue weighted by Crippen LogP contribution is 2.27. The Kier molecular flexibility index (Phi) is 7.60. The van der Waals surface area contributed by atoms with Gasteiger partial charge >= 0.3 is 0 Å². The van der Waals surface area contributed by atoms with Gasteiger partial charge in [0.15, 0.2) is 11.5 Å². The van der Waals surface area contributed by atoms with Crippen LogP contribution in [0.15, 0.2) is 79.3 Å². The molecule has 0 saturated heterocycles. The van der Waals surface area contributed by atoms with Crippen LogP contribution in [0.3, 0.4) is 0 Å². The third-order valence-electron chi connectivity index (χ3n) is 6.46. The molecule has 2 amide bonds. The molecule has 4 aromatic rings. The van der Waals surface area contributed by atoms with Gasteiger partial charge in [0.2, 0.25) is 5.95 Å². The van der Waals surface area contributed by atoms with Crippen molar-refractivity contribution in [2.75, 3.05) is 12.4 Å². The summed E-state index contributed by atoms with van der Waals surface area (Å²) in [6.45, 7) is 0.174. The van der Waals surface area contributed by atoms with Crippen LogP contribution in [0, 0.1) is 0 Å². The summed E-state index contributed by atoms with van der Waals surface area (Å²) in [5.74, 6) is -0.107. The Hall–Kier alpha value is -4.63. The van der Waals surface area contributed by atoms with E-state index in [0.717, 1.165) is 5.56 Å². The molecule has 0 radical (unpaired) electrons. The Bertz CT molecular complexity index is 1510. The summed E-state index contributed by atoms with van der Waals surface area (Å²) >= 11 is 6.17. The summed E-state index contributed by atoms with van der Waals surface area (Å²) in [4.78, 5) is 53.9. The maximum absolute atomic E-state index is 13.7. The van der Waals surface area contributed by atoms with Crippen molar-refractivity contribution in [2.45, 2.75) is 25.4 Å². The Balaban J connectivity index is 1.39. The second kappa shape index (κ2) is 11.4. The lowest BCUT2D eigenvalue weighted by molar-refractivity contribution is -0.122. The van der Waals surface area contributed by atoms with Crippen molar-refractivity contribution in [1.29, 1.82) is 0 Å². The fourth-order valence-corrected chi connectivity index (χ4v) is 4.63. The first-order valence-electron chi connectivity index (χ1n) is 12.2. The molecule has 0 unspecified atom stereocenters. The van der Waals surface area contributed by atoms with Gasteiger partial charge in [-0.1, -0.05) is 29.8 Å². The van der Waals surface area contributed by atoms with E-state index in [1.165, 1.54) is 19.5 Å². The van der Waals surface area contributed by atoms with Gasteiger partial charge in [0, 0.05) is 47.4 Å². The molecule has 1 aliphatic rings. The van der Waals surface area contributed by atoms with Crippen molar-refractivity contribution in [2.24, 2.45) is 0 Å². The lowest BCUT2D eigenvalue weighted by Gasteiger charge is -2.29. The SMILES string of the molecule is COc1cnc(NC(=O)c2ccc(CN3C(=O)c4ccc(Cl)cc4CC(=O)[C@H]3Cc3ccccn3)cc2)nc1. The van der Waals surface area contributed by atoms with Crippen LogP contribution in [-0.4, -0.2) is 50.6 Å². The Morgan fingerprint density at radius 2 is 1.82 bits per heavy atom. The zero-order valence-electron chi connectivity index (χ0n) is 21.0. The number of benzene rings is 2. The molecule has 2 aromatic heterocycles. The summed E-state index contributed by atoms with van der Waals surface area (Å²) in [6, 6.07) is 16.6. The minimum atomic E-state index is -0.714. The monoisotopic (exact) mass is 541 g/mol. The van der Waals surface area contributed by atoms with Crippen LogP contribution in [-0.2, 0) is 24.2 Å². The number of rotatable bonds is 7. The van der Waals surface area contributed by atoms with E-state index >= 15 is 0 Å². The summed E-state index contributed by atoms with van der Waals surface area (Å²) in [5, 5.41) is 3.11. The fourth-order valence-electron chi connectivity index (χ4n) is 4.43. The van der Waals surface area contributed by atoms with Crippen molar-refractivity contribution in [3.8, 4) is 5.75 Å². The van der Waals surface area contributed by atoms with Gasteiger partial charge < -0.3 is 9.64 Å². The quantitative estimate of drug-likeness (QED) is 0.373. The highest BCUT2D eigenvalue weighted by molar-refractivity contribution is 6.30. The highest BCUT2D eigenvalue weighted by Gasteiger charge is 2.35. The van der Waals surface area contributed by atoms with E-state index < -0.39 is 6.04 Å². The first kappa shape index (κ1) is 26.0. The topological polar surface area (TPSA) is 114 Å². The van der Waals surface area contributed by atoms with Crippen LogP contribution in [0.1, 0.15) is 37.5 Å². The number of halogens is 1. The number of hydrogen-bond donors (Lipinski definition) is 1. The van der Waals surface area contributed by atoms with E-state index in [-0.39, 0.29) is 42.9 Å². The molecule has 1 N–H and O–H groups in total. The number of anilines is 1. The molecule has 0 spiro atoms. The van der Waals surface area contributed by atoms with Crippen molar-refractivity contribution in [3.63, 3.8) is 0 Å². The third kappa shape index (κ3) is 5.94. The molecule has 1 aliphatic heterocycles. The molecule has 10 heteroatoms. The zero-order chi connectivity index (χ0) is 27.4. The van der Waals surface area contributed by atoms with E-state index in [9.17, 15) is 14.4 Å². The number of nitrogens with one attached hydrogen (secondary N) is 1. The van der Waals surface area contributed by atoms with E-state index in [1.54, 1.807) is 59.6 Å². The first-order chi connectivity index (χ1) is 18.9. The number of carbonyl (C=O) groups excluding carboxylic acids is 3. The minimum absolute atomic E-state index is 0.0921. The summed E-state index contributed by atoms with van der Waals surface area (Å²) in [5.41, 5.74) is 2.93. The van der Waals surface area contributed by atoms with Gasteiger partial charge in [-0.05, 0) is 53.6 Å². The number of fused-ring (bicyclic) bond motifs is 1. The van der Waals surface area contributed by atoms with Crippen LogP contribution in [0.5, 0.6) is 5.75 Å². The normalized spacial score (nSPS) is 14.9. The van der Waals surface area contributed by atoms with E-state index in [4.69, 9.17) is 16.3 Å². The number of amides is 2. The highest BCUT2D eigenvalue weighted by atomic mass is 35.5. The van der Waals surface area contributed by atoms with Crippen molar-refractivity contribution >= 4 is 35.1 Å². The Labute approximate surface area is 229 Å². The minimum Gasteiger partial charge on any atom is -0.494 e. The van der Waals surface area contributed by atoms with Crippen LogP contribution < -0.4 is 10.1 Å². The van der Waals surface area contributed by atoms with Crippen molar-refractivity contribution in [1.82, 2.24) is 19.9 Å². The smallest absolute Gasteiger partial charge is 0.258 e. The molecule has 1 atom stereocenters. The Morgan fingerprint density at radius 3 is 2.51 bits per heavy atom. The van der Waals surface area contributed by atoms with E-state index in [2.05, 4.69) is 20.3 Å². The molecule has 39 heavy (non-hydrogen) atoms. The maximum Gasteiger partial charge on any atom is 0.258 e. The summed E-state index contributed by atoms with van der Waals surface area (Å²) < 4.78 is 5.03. The van der Waals surface area contributed by atoms with Gasteiger partial charge in [-0.2, -0.15) is 0 Å². The fraction of sp³-hybridized carbons (Fsp3) is 0.172. The molecule has 0 aliphatic carbocycles. The molecule has 0 bridgehead atoms. The molecule has 3 heterocycles. The number of aromatic nitrogens is 3. The van der Waals surface area contributed by atoms with Gasteiger partial charge in [-0.3, -0.25) is 24.7 Å². The lowest BCUT2D eigenvalue weighted by Crippen LogP contribution is -2.44. The number of methoxy groups -OCH3 is 1. The van der Waals surface area contributed by atoms with Crippen molar-refractivity contribution in [3.05, 3.63) is 112 Å². The second-order valence-corrected chi connectivity index (χ2v) is 9.45. The molecule has 5 rings (SSSR count). The van der Waals surface area contributed by atoms with Gasteiger partial charge in [0.1, 0.15) is 0 Å². The number of Topliss-reactive ketones (excluding diaryl/α,β-unsaturated/α-hetero) is 1. The summed E-state index contributed by atoms with van der Waals surface area (Å²) in [6.07, 6.45) is 4.97. The van der Waals surface area contributed by atoms with Crippen LogP contribution in [0.2, 0.25) is 5.02 Å². The number of pyridine rings is 1. The van der Waals surface area contributed by atoms with Crippen molar-refractivity contribution < 1.29 is 19.1 Å². The van der Waals surface area contributed by atoms with Gasteiger partial charge in [-0.15, -0.1) is 0 Å². The number of carbonyl (C=O) groups is 3. The van der Waals surface area contributed by atoms with Gasteiger partial charge in [0.05, 0.1) is 25.5 Å². The molecule has 196 valence electrons. The number of ketones is 1. The molecule has 2 aromatic carbocycles. The van der Waals surface area contributed by atoms with Gasteiger partial charge in [-0.25, -0.2) is 9.97 Å². The summed E-state index contributed by atoms with van der Waals surface area (Å²) in [7, 11) is 1.50. The largest absolute Gasteiger partial charge is 0.494 e. The molecular formula is C29H24ClN5O4. The first-order valence-corrected chi connectivity index (χ1v) is 12.6. The molecule has 0 saturated carbocycles. The third-order valence-corrected chi connectivity index (χ3v) is 6.69. The average Bonchev–Trinajstić information content (AvgIpc) is 3.04. The Morgan fingerprint density at radius 1 is 1.05 bits per heavy atom. The number of ether oxygens (including phenoxy) is 1. The van der Waals surface area contributed by atoms with E-state index in [1.807, 2.05) is 12.1 Å². The van der Waals surface area contributed by atoms with E-state index in [0.29, 0.717) is 33.2 Å². The zero-order valence-corrected chi connectivity index (χ0v) is 21.8. The van der Waals surface area contributed by atoms with Crippen LogP contribution in [0.25, 0.3) is 0 Å². The lowest BCUT2D eigenvalue weighted by atomic mass is 9.99. The average molecular weight is 542 g/mol. The number of hydrogen-bond acceptors (Lipinski definition) is 7. The second-order valence-electron chi connectivity index (χ2n) is 9.02. The predicted molar refractivity (Wildman–Crippen MR) is 145 cm³/mol. The molecule has 9 nitrogen and oxygen atoms in total. The molecular weight excluding hydrogens is 518 g/mol. The predicted octanol–water partition coefficient (Wildman–Crippen LogP) is 4.16. The molecule has 0 fully saturated rings. The van der Waals surface area contributed by atoms with Gasteiger partial charge in [0.25, 0.3) is 11.8 Å². The standard InChI is InChI=1S/C29H24ClN5O4/c1-39-23-15-32-29(33-16-23)34-27(37)19-7-5-18(6-8-19)17-35-25(14-22-4-2-3-11-31-22)26(36)13-20-12-21(30)9-10-24(20)28(35)38/h2-12,15-16,25H,13-14,17H2,1H3,(H,32,33,34,37)/t25-/m1/s1. The number of nitrogens with zero attached hydrogens (tertiary/aromatic N) is 4. The van der Waals surface area contributed by atoms with Crippen LogP contribution in [0.4, 0.5) is 5.95 Å². The maximum atomic E-state index is 13.7. The van der Waals surface area contributed by atoms with Crippen LogP contribution >= 0.6 is 11.6 Å².